The van der Waals surface area contributed by atoms with Crippen LogP contribution in [0.25, 0.3) is 0 Å². The topological polar surface area (TPSA) is 75.2 Å². The van der Waals surface area contributed by atoms with Gasteiger partial charge in [-0.05, 0) is 42.0 Å². The van der Waals surface area contributed by atoms with Gasteiger partial charge in [0.15, 0.2) is 0 Å². The number of aromatic nitrogens is 2. The normalized spacial score (nSPS) is 15.0. The molecule has 1 aliphatic rings. The van der Waals surface area contributed by atoms with Crippen LogP contribution in [0.5, 0.6) is 0 Å². The van der Waals surface area contributed by atoms with Crippen LogP contribution in [-0.4, -0.2) is 27.8 Å². The fourth-order valence-electron chi connectivity index (χ4n) is 4.51. The molecule has 34 heavy (non-hydrogen) atoms. The Morgan fingerprint density at radius 2 is 1.59 bits per heavy atom. The van der Waals surface area contributed by atoms with Gasteiger partial charge in [-0.1, -0.05) is 75.6 Å². The summed E-state index contributed by atoms with van der Waals surface area (Å²) in [5.74, 6) is -0.170. The van der Waals surface area contributed by atoms with E-state index < -0.39 is 6.04 Å². The predicted octanol–water partition coefficient (Wildman–Crippen LogP) is 5.44. The van der Waals surface area contributed by atoms with E-state index in [1.165, 1.54) is 30.6 Å². The Balaban J connectivity index is 1.78. The molecular formula is C28H32N4O2. The first-order chi connectivity index (χ1) is 16.5. The lowest BCUT2D eigenvalue weighted by atomic mass is 9.94. The number of nitrogens with zero attached hydrogens (tertiary/aromatic N) is 3. The van der Waals surface area contributed by atoms with Crippen LogP contribution in [0.3, 0.4) is 0 Å². The van der Waals surface area contributed by atoms with Crippen molar-refractivity contribution in [1.29, 1.82) is 0 Å². The van der Waals surface area contributed by atoms with Crippen molar-refractivity contribution in [3.05, 3.63) is 90.0 Å². The Bertz CT molecular complexity index is 1080. The van der Waals surface area contributed by atoms with Crippen LogP contribution in [0, 0.1) is 0 Å². The van der Waals surface area contributed by atoms with Crippen LogP contribution in [0.15, 0.2) is 73.2 Å². The summed E-state index contributed by atoms with van der Waals surface area (Å²) in [5.41, 5.74) is 2.77. The molecule has 6 nitrogen and oxygen atoms in total. The Kier molecular flexibility index (Phi) is 7.68. The van der Waals surface area contributed by atoms with E-state index in [0.717, 1.165) is 31.2 Å². The molecule has 2 amide bonds. The fraction of sp³-hybridized carbons (Fsp3) is 0.357. The molecule has 1 saturated carbocycles. The van der Waals surface area contributed by atoms with Gasteiger partial charge in [-0.15, -0.1) is 0 Å². The number of nitrogens with one attached hydrogen (secondary N) is 1. The van der Waals surface area contributed by atoms with Gasteiger partial charge in [0.05, 0.1) is 6.20 Å². The molecule has 176 valence electrons. The molecule has 0 aliphatic heterocycles. The summed E-state index contributed by atoms with van der Waals surface area (Å²) in [7, 11) is 0. The lowest BCUT2D eigenvalue weighted by Gasteiger charge is -2.33. The van der Waals surface area contributed by atoms with E-state index in [-0.39, 0.29) is 23.6 Å². The van der Waals surface area contributed by atoms with Gasteiger partial charge in [0.25, 0.3) is 5.91 Å². The Morgan fingerprint density at radius 1 is 0.912 bits per heavy atom. The van der Waals surface area contributed by atoms with E-state index in [2.05, 4.69) is 29.1 Å². The first-order valence-corrected chi connectivity index (χ1v) is 12.1. The number of carbonyl (C=O) groups excluding carboxylic acids is 2. The molecule has 0 spiro atoms. The standard InChI is InChI=1S/C28H32N4O2/c1-20(2)21-13-15-22(16-14-21)26(27(33)31-23-9-5-3-6-10-23)32(24-11-7-4-8-12-24)28(34)25-19-29-17-18-30-25/h4,7-8,11-20,23,26H,3,5-6,9-10H2,1-2H3,(H,31,33). The van der Waals surface area contributed by atoms with Crippen LogP contribution in [0.4, 0.5) is 5.69 Å². The average molecular weight is 457 g/mol. The van der Waals surface area contributed by atoms with Crippen molar-refractivity contribution in [3.63, 3.8) is 0 Å². The maximum absolute atomic E-state index is 13.8. The zero-order valence-corrected chi connectivity index (χ0v) is 19.9. The molecule has 3 aromatic rings. The molecule has 6 heteroatoms. The molecule has 0 bridgehead atoms. The summed E-state index contributed by atoms with van der Waals surface area (Å²) in [4.78, 5) is 37.5. The Hall–Kier alpha value is -3.54. The number of para-hydroxylation sites is 1. The highest BCUT2D eigenvalue weighted by atomic mass is 16.2. The molecule has 1 heterocycles. The van der Waals surface area contributed by atoms with Crippen molar-refractivity contribution in [2.24, 2.45) is 0 Å². The quantitative estimate of drug-likeness (QED) is 0.514. The van der Waals surface area contributed by atoms with Crippen molar-refractivity contribution in [2.75, 3.05) is 4.90 Å². The van der Waals surface area contributed by atoms with E-state index in [1.54, 1.807) is 4.90 Å². The highest BCUT2D eigenvalue weighted by Gasteiger charge is 2.35. The van der Waals surface area contributed by atoms with Crippen LogP contribution >= 0.6 is 0 Å². The summed E-state index contributed by atoms with van der Waals surface area (Å²) in [6.07, 6.45) is 9.82. The molecule has 1 atom stereocenters. The zero-order valence-electron chi connectivity index (χ0n) is 19.9. The van der Waals surface area contributed by atoms with E-state index in [9.17, 15) is 9.59 Å². The zero-order chi connectivity index (χ0) is 23.9. The van der Waals surface area contributed by atoms with Gasteiger partial charge in [-0.2, -0.15) is 0 Å². The fourth-order valence-corrected chi connectivity index (χ4v) is 4.51. The molecule has 1 aromatic heterocycles. The number of hydrogen-bond donors (Lipinski definition) is 1. The van der Waals surface area contributed by atoms with E-state index in [0.29, 0.717) is 11.6 Å². The first kappa shape index (κ1) is 23.6. The van der Waals surface area contributed by atoms with Gasteiger partial charge in [0.1, 0.15) is 11.7 Å². The summed E-state index contributed by atoms with van der Waals surface area (Å²) in [5, 5.41) is 3.24. The van der Waals surface area contributed by atoms with E-state index in [4.69, 9.17) is 0 Å². The molecule has 1 aliphatic carbocycles. The molecule has 0 radical (unpaired) electrons. The minimum atomic E-state index is -0.833. The van der Waals surface area contributed by atoms with Gasteiger partial charge in [0, 0.05) is 24.1 Å². The maximum atomic E-state index is 13.8. The minimum absolute atomic E-state index is 0.128. The van der Waals surface area contributed by atoms with Crippen molar-refractivity contribution in [2.45, 2.75) is 64.0 Å². The third-order valence-corrected chi connectivity index (χ3v) is 6.41. The number of rotatable bonds is 7. The second-order valence-electron chi connectivity index (χ2n) is 9.17. The number of benzene rings is 2. The summed E-state index contributed by atoms with van der Waals surface area (Å²) >= 11 is 0. The third-order valence-electron chi connectivity index (χ3n) is 6.41. The molecule has 1 unspecified atom stereocenters. The van der Waals surface area contributed by atoms with Crippen LogP contribution in [0.2, 0.25) is 0 Å². The van der Waals surface area contributed by atoms with Crippen molar-refractivity contribution in [3.8, 4) is 0 Å². The van der Waals surface area contributed by atoms with Gasteiger partial charge in [-0.3, -0.25) is 19.5 Å². The Labute approximate surface area is 201 Å². The number of hydrogen-bond acceptors (Lipinski definition) is 4. The predicted molar refractivity (Wildman–Crippen MR) is 134 cm³/mol. The highest BCUT2D eigenvalue weighted by molar-refractivity contribution is 6.09. The largest absolute Gasteiger partial charge is 0.351 e. The van der Waals surface area contributed by atoms with Gasteiger partial charge < -0.3 is 5.32 Å². The van der Waals surface area contributed by atoms with E-state index in [1.807, 2.05) is 54.6 Å². The molecule has 1 fully saturated rings. The SMILES string of the molecule is CC(C)c1ccc(C(C(=O)NC2CCCCC2)N(C(=O)c2cnccn2)c2ccccc2)cc1. The highest BCUT2D eigenvalue weighted by Crippen LogP contribution is 2.31. The minimum Gasteiger partial charge on any atom is -0.351 e. The Morgan fingerprint density at radius 3 is 2.21 bits per heavy atom. The molecule has 0 saturated heterocycles. The van der Waals surface area contributed by atoms with Crippen molar-refractivity contribution < 1.29 is 9.59 Å². The summed E-state index contributed by atoms with van der Waals surface area (Å²) < 4.78 is 0. The van der Waals surface area contributed by atoms with Gasteiger partial charge in [-0.25, -0.2) is 4.98 Å². The van der Waals surface area contributed by atoms with Crippen molar-refractivity contribution in [1.82, 2.24) is 15.3 Å². The molecular weight excluding hydrogens is 424 g/mol. The van der Waals surface area contributed by atoms with E-state index >= 15 is 0 Å². The van der Waals surface area contributed by atoms with Crippen LogP contribution in [-0.2, 0) is 4.79 Å². The number of amides is 2. The van der Waals surface area contributed by atoms with Crippen LogP contribution < -0.4 is 10.2 Å². The second kappa shape index (κ2) is 11.1. The summed E-state index contributed by atoms with van der Waals surface area (Å²) in [6.45, 7) is 4.27. The van der Waals surface area contributed by atoms with Crippen LogP contribution in [0.1, 0.15) is 79.5 Å². The molecule has 1 N–H and O–H groups in total. The lowest BCUT2D eigenvalue weighted by Crippen LogP contribution is -2.47. The average Bonchev–Trinajstić information content (AvgIpc) is 2.88. The monoisotopic (exact) mass is 456 g/mol. The van der Waals surface area contributed by atoms with Gasteiger partial charge in [0.2, 0.25) is 5.91 Å². The first-order valence-electron chi connectivity index (χ1n) is 12.1. The van der Waals surface area contributed by atoms with Crippen molar-refractivity contribution >= 4 is 17.5 Å². The maximum Gasteiger partial charge on any atom is 0.279 e. The third kappa shape index (κ3) is 5.50. The smallest absolute Gasteiger partial charge is 0.279 e. The summed E-state index contributed by atoms with van der Waals surface area (Å²) in [6, 6.07) is 16.6. The number of carbonyl (C=O) groups is 2. The molecule has 4 rings (SSSR count). The number of anilines is 1. The van der Waals surface area contributed by atoms with Gasteiger partial charge >= 0.3 is 0 Å². The molecule has 2 aromatic carbocycles. The second-order valence-corrected chi connectivity index (χ2v) is 9.17. The lowest BCUT2D eigenvalue weighted by molar-refractivity contribution is -0.123.